The Kier molecular flexibility index (Phi) is 15.9. The van der Waals surface area contributed by atoms with E-state index in [0.29, 0.717) is 39.5 Å². The van der Waals surface area contributed by atoms with Crippen LogP contribution in [0.4, 0.5) is 0 Å². The highest BCUT2D eigenvalue weighted by atomic mass is 35.5. The first-order valence-electron chi connectivity index (χ1n) is 3.47. The van der Waals surface area contributed by atoms with Crippen LogP contribution in [0, 0.1) is 0 Å². The Morgan fingerprint density at radius 3 is 1.36 bits per heavy atom. The van der Waals surface area contributed by atoms with E-state index in [-0.39, 0.29) is 12.4 Å². The summed E-state index contributed by atoms with van der Waals surface area (Å²) in [5.74, 6) is 0. The topological polar surface area (TPSA) is 70.5 Å². The van der Waals surface area contributed by atoms with E-state index in [1.165, 1.54) is 0 Å². The summed E-state index contributed by atoms with van der Waals surface area (Å²) in [6.07, 6.45) is 0. The van der Waals surface area contributed by atoms with Crippen LogP contribution < -0.4 is 11.5 Å². The average Bonchev–Trinajstić information content (AvgIpc) is 1.97. The first-order chi connectivity index (χ1) is 4.91. The number of hydrogen-bond donors (Lipinski definition) is 2. The second kappa shape index (κ2) is 12.8. The summed E-state index contributed by atoms with van der Waals surface area (Å²) >= 11 is 0. The molecule has 0 spiro atoms. The van der Waals surface area contributed by atoms with Gasteiger partial charge in [0, 0.05) is 13.1 Å². The van der Waals surface area contributed by atoms with Gasteiger partial charge in [0.25, 0.3) is 0 Å². The lowest BCUT2D eigenvalue weighted by Gasteiger charge is -2.02. The van der Waals surface area contributed by atoms with Crippen molar-refractivity contribution in [3.63, 3.8) is 0 Å². The Morgan fingerprint density at radius 1 is 0.727 bits per heavy atom. The molecule has 0 aromatic carbocycles. The molecule has 0 aromatic heterocycles. The molecule has 0 aliphatic heterocycles. The van der Waals surface area contributed by atoms with Crippen LogP contribution in [0.1, 0.15) is 0 Å². The number of halogens is 1. The molecule has 0 bridgehead atoms. The highest BCUT2D eigenvalue weighted by Crippen LogP contribution is 1.75. The zero-order chi connectivity index (χ0) is 7.66. The normalized spacial score (nSPS) is 9.27. The molecule has 0 saturated heterocycles. The molecule has 0 aromatic rings. The Balaban J connectivity index is 0. The summed E-state index contributed by atoms with van der Waals surface area (Å²) in [5.41, 5.74) is 10.4. The van der Waals surface area contributed by atoms with Crippen molar-refractivity contribution in [2.75, 3.05) is 39.5 Å². The van der Waals surface area contributed by atoms with Gasteiger partial charge < -0.3 is 20.9 Å². The van der Waals surface area contributed by atoms with E-state index < -0.39 is 0 Å². The van der Waals surface area contributed by atoms with Crippen molar-refractivity contribution in [3.8, 4) is 0 Å². The van der Waals surface area contributed by atoms with Crippen LogP contribution >= 0.6 is 12.4 Å². The van der Waals surface area contributed by atoms with Gasteiger partial charge in [0.1, 0.15) is 0 Å². The molecule has 0 radical (unpaired) electrons. The van der Waals surface area contributed by atoms with E-state index in [1.54, 1.807) is 0 Å². The second-order valence-electron chi connectivity index (χ2n) is 1.80. The molecule has 0 saturated carbocycles. The number of ether oxygens (including phenoxy) is 2. The lowest BCUT2D eigenvalue weighted by molar-refractivity contribution is 0.0538. The van der Waals surface area contributed by atoms with Gasteiger partial charge in [-0.05, 0) is 0 Å². The number of nitrogens with two attached hydrogens (primary N) is 2. The fourth-order valence-corrected chi connectivity index (χ4v) is 0.489. The van der Waals surface area contributed by atoms with Crippen LogP contribution in [0.15, 0.2) is 0 Å². The van der Waals surface area contributed by atoms with E-state index in [2.05, 4.69) is 0 Å². The first-order valence-corrected chi connectivity index (χ1v) is 3.47. The van der Waals surface area contributed by atoms with Crippen molar-refractivity contribution < 1.29 is 9.47 Å². The molecule has 70 valence electrons. The van der Waals surface area contributed by atoms with E-state index >= 15 is 0 Å². The van der Waals surface area contributed by atoms with E-state index in [4.69, 9.17) is 20.9 Å². The molecule has 0 atom stereocenters. The molecule has 0 rings (SSSR count). The highest BCUT2D eigenvalue weighted by Gasteiger charge is 1.85. The Morgan fingerprint density at radius 2 is 1.09 bits per heavy atom. The van der Waals surface area contributed by atoms with Gasteiger partial charge in [-0.1, -0.05) is 0 Å². The fourth-order valence-electron chi connectivity index (χ4n) is 0.489. The fraction of sp³-hybridized carbons (Fsp3) is 1.00. The Bertz CT molecular complexity index is 58.5. The summed E-state index contributed by atoms with van der Waals surface area (Å²) in [6, 6.07) is 0. The predicted molar refractivity (Wildman–Crippen MR) is 47.0 cm³/mol. The largest absolute Gasteiger partial charge is 0.378 e. The third kappa shape index (κ3) is 13.2. The van der Waals surface area contributed by atoms with Crippen molar-refractivity contribution in [2.24, 2.45) is 11.5 Å². The average molecular weight is 185 g/mol. The third-order valence-electron chi connectivity index (χ3n) is 0.896. The van der Waals surface area contributed by atoms with Crippen LogP contribution in [-0.4, -0.2) is 39.5 Å². The Labute approximate surface area is 73.6 Å². The molecular formula is C6H17ClN2O2. The molecule has 0 amide bonds. The molecule has 4 nitrogen and oxygen atoms in total. The summed E-state index contributed by atoms with van der Waals surface area (Å²) in [4.78, 5) is 0. The van der Waals surface area contributed by atoms with Crippen molar-refractivity contribution >= 4 is 12.4 Å². The standard InChI is InChI=1S/C6H16N2O2.ClH/c7-1-3-9-5-6-10-4-2-8;/h1-8H2;1H. The molecule has 4 N–H and O–H groups in total. The summed E-state index contributed by atoms with van der Waals surface area (Å²) in [6.45, 7) is 3.56. The third-order valence-corrected chi connectivity index (χ3v) is 0.896. The van der Waals surface area contributed by atoms with Gasteiger partial charge in [0.05, 0.1) is 26.4 Å². The summed E-state index contributed by atoms with van der Waals surface area (Å²) in [5, 5.41) is 0. The zero-order valence-corrected chi connectivity index (χ0v) is 7.44. The van der Waals surface area contributed by atoms with E-state index in [0.717, 1.165) is 0 Å². The van der Waals surface area contributed by atoms with E-state index in [1.807, 2.05) is 0 Å². The van der Waals surface area contributed by atoms with Crippen molar-refractivity contribution in [1.29, 1.82) is 0 Å². The van der Waals surface area contributed by atoms with Crippen LogP contribution in [0.25, 0.3) is 0 Å². The first kappa shape index (κ1) is 13.7. The van der Waals surface area contributed by atoms with Crippen molar-refractivity contribution in [1.82, 2.24) is 0 Å². The molecule has 0 unspecified atom stereocenters. The molecule has 0 fully saturated rings. The SMILES string of the molecule is Cl.NCCOCCOCCN. The summed E-state index contributed by atoms with van der Waals surface area (Å²) < 4.78 is 10.1. The molecule has 0 aliphatic carbocycles. The van der Waals surface area contributed by atoms with Gasteiger partial charge in [0.15, 0.2) is 0 Å². The maximum Gasteiger partial charge on any atom is 0.0701 e. The lowest BCUT2D eigenvalue weighted by Crippen LogP contribution is -2.14. The lowest BCUT2D eigenvalue weighted by atomic mass is 10.7. The molecule has 11 heavy (non-hydrogen) atoms. The van der Waals surface area contributed by atoms with Gasteiger partial charge in [-0.15, -0.1) is 12.4 Å². The molecular weight excluding hydrogens is 168 g/mol. The van der Waals surface area contributed by atoms with Crippen molar-refractivity contribution in [2.45, 2.75) is 0 Å². The van der Waals surface area contributed by atoms with Crippen molar-refractivity contribution in [3.05, 3.63) is 0 Å². The van der Waals surface area contributed by atoms with E-state index in [9.17, 15) is 0 Å². The Hall–Kier alpha value is 0.130. The van der Waals surface area contributed by atoms with Gasteiger partial charge in [-0.2, -0.15) is 0 Å². The zero-order valence-electron chi connectivity index (χ0n) is 6.62. The smallest absolute Gasteiger partial charge is 0.0701 e. The monoisotopic (exact) mass is 184 g/mol. The predicted octanol–water partition coefficient (Wildman–Crippen LogP) is -0.641. The molecule has 0 heterocycles. The maximum absolute atomic E-state index is 5.18. The van der Waals surface area contributed by atoms with Crippen LogP contribution in [0.3, 0.4) is 0 Å². The van der Waals surface area contributed by atoms with Gasteiger partial charge in [0.2, 0.25) is 0 Å². The minimum Gasteiger partial charge on any atom is -0.378 e. The van der Waals surface area contributed by atoms with Crippen LogP contribution in [-0.2, 0) is 9.47 Å². The highest BCUT2D eigenvalue weighted by molar-refractivity contribution is 5.85. The number of hydrogen-bond acceptors (Lipinski definition) is 4. The summed E-state index contributed by atoms with van der Waals surface area (Å²) in [7, 11) is 0. The van der Waals surface area contributed by atoms with Gasteiger partial charge in [-0.3, -0.25) is 0 Å². The quantitative estimate of drug-likeness (QED) is 0.517. The van der Waals surface area contributed by atoms with Crippen LogP contribution in [0.2, 0.25) is 0 Å². The van der Waals surface area contributed by atoms with Gasteiger partial charge in [-0.25, -0.2) is 0 Å². The molecule has 0 aliphatic rings. The van der Waals surface area contributed by atoms with Crippen LogP contribution in [0.5, 0.6) is 0 Å². The molecule has 5 heteroatoms. The van der Waals surface area contributed by atoms with Gasteiger partial charge >= 0.3 is 0 Å². The minimum atomic E-state index is 0. The maximum atomic E-state index is 5.18. The minimum absolute atomic E-state index is 0. The second-order valence-corrected chi connectivity index (χ2v) is 1.80. The number of rotatable bonds is 7.